The van der Waals surface area contributed by atoms with Crippen molar-refractivity contribution in [3.05, 3.63) is 5.92 Å². The predicted octanol–water partition coefficient (Wildman–Crippen LogP) is -0.716. The number of hydrogen-bond donors (Lipinski definition) is 2. The van der Waals surface area contributed by atoms with Gasteiger partial charge in [-0.3, -0.25) is 4.79 Å². The summed E-state index contributed by atoms with van der Waals surface area (Å²) < 4.78 is 4.48. The number of carboxylic acids is 1. The fourth-order valence-corrected chi connectivity index (χ4v) is 0.349. The number of aliphatic hydroxyl groups is 1. The van der Waals surface area contributed by atoms with E-state index in [4.69, 9.17) is 10.2 Å². The first-order valence-corrected chi connectivity index (χ1v) is 2.40. The molecule has 0 rings (SSSR count). The van der Waals surface area contributed by atoms with Crippen molar-refractivity contribution in [2.24, 2.45) is 0 Å². The van der Waals surface area contributed by atoms with E-state index >= 15 is 0 Å². The molecule has 0 aromatic carbocycles. The van der Waals surface area contributed by atoms with Crippen LogP contribution in [0.4, 0.5) is 0 Å². The summed E-state index contributed by atoms with van der Waals surface area (Å²) in [5, 5.41) is 16.6. The Morgan fingerprint density at radius 2 is 2.22 bits per heavy atom. The third-order valence-electron chi connectivity index (χ3n) is 0.812. The third kappa shape index (κ3) is 3.05. The molecule has 0 saturated heterocycles. The molecular weight excluding hydrogens is 124 g/mol. The highest BCUT2D eigenvalue weighted by Crippen LogP contribution is 1.96. The van der Waals surface area contributed by atoms with Crippen molar-refractivity contribution >= 4 is 5.97 Å². The summed E-state index contributed by atoms with van der Waals surface area (Å²) in [5.41, 5.74) is 0. The van der Waals surface area contributed by atoms with E-state index in [0.29, 0.717) is 0 Å². The molecule has 0 saturated carbocycles. The molecular formula is C5H9O4. The first-order chi connectivity index (χ1) is 4.22. The molecule has 0 bridgehead atoms. The molecule has 0 aliphatic carbocycles. The van der Waals surface area contributed by atoms with E-state index in [0.717, 1.165) is 0 Å². The lowest BCUT2D eigenvalue weighted by Gasteiger charge is -2.04. The molecule has 53 valence electrons. The van der Waals surface area contributed by atoms with Gasteiger partial charge in [-0.2, -0.15) is 0 Å². The summed E-state index contributed by atoms with van der Waals surface area (Å²) >= 11 is 0. The Morgan fingerprint density at radius 1 is 1.67 bits per heavy atom. The third-order valence-corrected chi connectivity index (χ3v) is 0.812. The molecule has 2 N–H and O–H groups in total. The van der Waals surface area contributed by atoms with Crippen LogP contribution in [-0.4, -0.2) is 36.5 Å². The second-order valence-corrected chi connectivity index (χ2v) is 1.50. The lowest BCUT2D eigenvalue weighted by atomic mass is 10.2. The fraction of sp³-hybridized carbons (Fsp3) is 0.600. The summed E-state index contributed by atoms with van der Waals surface area (Å²) in [6.07, 6.45) is 0. The van der Waals surface area contributed by atoms with Gasteiger partial charge in [-0.1, -0.05) is 0 Å². The number of aliphatic carboxylic acids is 1. The van der Waals surface area contributed by atoms with E-state index in [9.17, 15) is 4.79 Å². The van der Waals surface area contributed by atoms with Crippen LogP contribution >= 0.6 is 0 Å². The summed E-state index contributed by atoms with van der Waals surface area (Å²) in [7, 11) is 1.37. The highest BCUT2D eigenvalue weighted by atomic mass is 16.5. The van der Waals surface area contributed by atoms with Crippen molar-refractivity contribution in [3.63, 3.8) is 0 Å². The molecule has 0 aromatic heterocycles. The van der Waals surface area contributed by atoms with Crippen LogP contribution in [0.15, 0.2) is 0 Å². The summed E-state index contributed by atoms with van der Waals surface area (Å²) in [5.74, 6) is -1.14. The van der Waals surface area contributed by atoms with Crippen LogP contribution in [0.25, 0.3) is 0 Å². The van der Waals surface area contributed by atoms with Gasteiger partial charge in [-0.05, 0) is 0 Å². The van der Waals surface area contributed by atoms with Crippen LogP contribution in [0.5, 0.6) is 0 Å². The lowest BCUT2D eigenvalue weighted by molar-refractivity contribution is -0.136. The van der Waals surface area contributed by atoms with Gasteiger partial charge in [0.2, 0.25) is 0 Å². The fourth-order valence-electron chi connectivity index (χ4n) is 0.349. The summed E-state index contributed by atoms with van der Waals surface area (Å²) in [6.45, 7) is -0.477. The number of ether oxygens (including phenoxy) is 1. The maximum absolute atomic E-state index is 10.0. The van der Waals surface area contributed by atoms with Gasteiger partial charge < -0.3 is 14.9 Å². The van der Waals surface area contributed by atoms with Crippen molar-refractivity contribution in [2.45, 2.75) is 0 Å². The number of carboxylic acid groups (broad SMARTS) is 1. The van der Waals surface area contributed by atoms with Crippen LogP contribution in [-0.2, 0) is 9.53 Å². The minimum Gasteiger partial charge on any atom is -0.481 e. The molecule has 1 radical (unpaired) electrons. The monoisotopic (exact) mass is 133 g/mol. The van der Waals surface area contributed by atoms with Gasteiger partial charge in [-0.25, -0.2) is 0 Å². The van der Waals surface area contributed by atoms with Crippen LogP contribution in [0.3, 0.4) is 0 Å². The molecule has 0 aliphatic rings. The molecule has 0 heterocycles. The van der Waals surface area contributed by atoms with Crippen molar-refractivity contribution in [1.82, 2.24) is 0 Å². The smallest absolute Gasteiger partial charge is 0.315 e. The van der Waals surface area contributed by atoms with E-state index in [1.165, 1.54) is 7.11 Å². The first kappa shape index (κ1) is 8.39. The van der Waals surface area contributed by atoms with Crippen molar-refractivity contribution in [3.8, 4) is 0 Å². The average Bonchev–Trinajstić information content (AvgIpc) is 1.82. The van der Waals surface area contributed by atoms with E-state index in [1.54, 1.807) is 0 Å². The van der Waals surface area contributed by atoms with Gasteiger partial charge in [0.25, 0.3) is 0 Å². The normalized spacial score (nSPS) is 10.1. The molecule has 0 fully saturated rings. The standard InChI is InChI=1S/C5H9O4/c1-9-3-4(2-6)5(7)8/h6H,2-3H2,1H3,(H,7,8). The van der Waals surface area contributed by atoms with Gasteiger partial charge in [0.05, 0.1) is 13.2 Å². The summed E-state index contributed by atoms with van der Waals surface area (Å²) in [4.78, 5) is 10.0. The highest BCUT2D eigenvalue weighted by molar-refractivity contribution is 5.83. The zero-order valence-corrected chi connectivity index (χ0v) is 5.13. The maximum atomic E-state index is 10.0. The minimum atomic E-state index is -1.11. The minimum absolute atomic E-state index is 0.0220. The van der Waals surface area contributed by atoms with Gasteiger partial charge >= 0.3 is 5.97 Å². The van der Waals surface area contributed by atoms with E-state index in [2.05, 4.69) is 4.74 Å². The maximum Gasteiger partial charge on any atom is 0.315 e. The van der Waals surface area contributed by atoms with Crippen LogP contribution < -0.4 is 0 Å². The number of aliphatic hydroxyl groups excluding tert-OH is 1. The Balaban J connectivity index is 3.54. The largest absolute Gasteiger partial charge is 0.481 e. The molecule has 0 atom stereocenters. The molecule has 0 aliphatic heterocycles. The highest BCUT2D eigenvalue weighted by Gasteiger charge is 2.15. The lowest BCUT2D eigenvalue weighted by Crippen LogP contribution is -2.20. The van der Waals surface area contributed by atoms with Crippen molar-refractivity contribution < 1.29 is 19.7 Å². The van der Waals surface area contributed by atoms with Gasteiger partial charge in [0.15, 0.2) is 0 Å². The topological polar surface area (TPSA) is 66.8 Å². The Morgan fingerprint density at radius 3 is 2.33 bits per heavy atom. The Labute approximate surface area is 53.1 Å². The van der Waals surface area contributed by atoms with Gasteiger partial charge in [0.1, 0.15) is 5.92 Å². The predicted molar refractivity (Wildman–Crippen MR) is 29.8 cm³/mol. The second kappa shape index (κ2) is 4.29. The number of carbonyl (C=O) groups is 1. The average molecular weight is 133 g/mol. The molecule has 0 unspecified atom stereocenters. The number of hydrogen-bond acceptors (Lipinski definition) is 3. The van der Waals surface area contributed by atoms with Crippen molar-refractivity contribution in [2.75, 3.05) is 20.3 Å². The molecule has 0 amide bonds. The Kier molecular flexibility index (Phi) is 4.00. The molecule has 4 nitrogen and oxygen atoms in total. The first-order valence-electron chi connectivity index (χ1n) is 2.40. The SMILES string of the molecule is COC[C](CO)C(=O)O. The van der Waals surface area contributed by atoms with Crippen LogP contribution in [0.1, 0.15) is 0 Å². The van der Waals surface area contributed by atoms with E-state index < -0.39 is 12.6 Å². The summed E-state index contributed by atoms with van der Waals surface area (Å²) in [6, 6.07) is 0. The molecule has 0 aromatic rings. The molecule has 9 heavy (non-hydrogen) atoms. The van der Waals surface area contributed by atoms with Gasteiger partial charge in [-0.15, -0.1) is 0 Å². The van der Waals surface area contributed by atoms with Gasteiger partial charge in [0, 0.05) is 7.11 Å². The van der Waals surface area contributed by atoms with Crippen LogP contribution in [0.2, 0.25) is 0 Å². The molecule has 4 heteroatoms. The number of rotatable bonds is 4. The van der Waals surface area contributed by atoms with Crippen LogP contribution in [0, 0.1) is 5.92 Å². The second-order valence-electron chi connectivity index (χ2n) is 1.50. The Bertz CT molecular complexity index is 91.0. The molecule has 0 spiro atoms. The quantitative estimate of drug-likeness (QED) is 0.531. The van der Waals surface area contributed by atoms with E-state index in [-0.39, 0.29) is 12.5 Å². The van der Waals surface area contributed by atoms with Crippen molar-refractivity contribution in [1.29, 1.82) is 0 Å². The zero-order valence-electron chi connectivity index (χ0n) is 5.13. The Hall–Kier alpha value is -0.610. The van der Waals surface area contributed by atoms with E-state index in [1.807, 2.05) is 0 Å². The zero-order chi connectivity index (χ0) is 7.28. The number of methoxy groups -OCH3 is 1.